The van der Waals surface area contributed by atoms with Crippen LogP contribution < -0.4 is 9.47 Å². The minimum absolute atomic E-state index is 0.0195. The molecular weight excluding hydrogens is 390 g/mol. The van der Waals surface area contributed by atoms with Crippen LogP contribution in [0.3, 0.4) is 0 Å². The van der Waals surface area contributed by atoms with Gasteiger partial charge in [0, 0.05) is 31.5 Å². The van der Waals surface area contributed by atoms with Gasteiger partial charge >= 0.3 is 0 Å². The Kier molecular flexibility index (Phi) is 5.86. The molecule has 0 saturated carbocycles. The van der Waals surface area contributed by atoms with Crippen LogP contribution in [-0.4, -0.2) is 56.6 Å². The summed E-state index contributed by atoms with van der Waals surface area (Å²) in [5.74, 6) is 0.689. The number of methoxy groups -OCH3 is 1. The minimum Gasteiger partial charge on any atom is -0.493 e. The molecule has 0 aliphatic carbocycles. The second-order valence-electron chi connectivity index (χ2n) is 6.24. The highest BCUT2D eigenvalue weighted by atomic mass is 79.9. The van der Waals surface area contributed by atoms with Crippen molar-refractivity contribution in [2.45, 2.75) is 32.0 Å². The molecule has 1 aromatic carbocycles. The van der Waals surface area contributed by atoms with Gasteiger partial charge in [0.1, 0.15) is 0 Å². The fourth-order valence-electron chi connectivity index (χ4n) is 3.21. The van der Waals surface area contributed by atoms with Crippen LogP contribution in [0.15, 0.2) is 16.6 Å². The zero-order chi connectivity index (χ0) is 17.9. The Balaban J connectivity index is 1.72. The van der Waals surface area contributed by atoms with E-state index in [4.69, 9.17) is 18.9 Å². The molecule has 0 radical (unpaired) electrons. The number of nitrogens with zero attached hydrogens (tertiary/aromatic N) is 1. The smallest absolute Gasteiger partial charge is 0.254 e. The molecule has 2 aliphatic heterocycles. The summed E-state index contributed by atoms with van der Waals surface area (Å²) < 4.78 is 23.3. The first-order chi connectivity index (χ1) is 12.1. The normalized spacial score (nSPS) is 19.2. The van der Waals surface area contributed by atoms with Crippen molar-refractivity contribution in [1.82, 2.24) is 4.90 Å². The van der Waals surface area contributed by atoms with Gasteiger partial charge in [-0.2, -0.15) is 0 Å². The van der Waals surface area contributed by atoms with E-state index in [-0.39, 0.29) is 5.91 Å². The van der Waals surface area contributed by atoms with Gasteiger partial charge in [-0.05, 0) is 34.5 Å². The maximum atomic E-state index is 12.9. The maximum absolute atomic E-state index is 12.9. The van der Waals surface area contributed by atoms with E-state index < -0.39 is 5.79 Å². The quantitative estimate of drug-likeness (QED) is 0.741. The number of halogens is 1. The average Bonchev–Trinajstić information content (AvgIpc) is 3.08. The lowest BCUT2D eigenvalue weighted by atomic mass is 10.0. The number of carbonyl (C=O) groups is 1. The number of hydrogen-bond acceptors (Lipinski definition) is 5. The number of carbonyl (C=O) groups excluding carboxylic acids is 1. The average molecular weight is 414 g/mol. The Morgan fingerprint density at radius 2 is 1.96 bits per heavy atom. The fourth-order valence-corrected chi connectivity index (χ4v) is 3.76. The zero-order valence-corrected chi connectivity index (χ0v) is 16.3. The van der Waals surface area contributed by atoms with Crippen LogP contribution in [0.2, 0.25) is 0 Å². The summed E-state index contributed by atoms with van der Waals surface area (Å²) in [6.45, 7) is 5.14. The highest BCUT2D eigenvalue weighted by molar-refractivity contribution is 9.10. The van der Waals surface area contributed by atoms with Gasteiger partial charge < -0.3 is 23.8 Å². The van der Waals surface area contributed by atoms with Crippen molar-refractivity contribution in [2.75, 3.05) is 40.0 Å². The Labute approximate surface area is 156 Å². The van der Waals surface area contributed by atoms with Crippen LogP contribution in [-0.2, 0) is 9.47 Å². The Morgan fingerprint density at radius 3 is 2.56 bits per heavy atom. The number of likely N-dealkylation sites (tertiary alicyclic amines) is 1. The fraction of sp³-hybridized carbons (Fsp3) is 0.611. The van der Waals surface area contributed by atoms with Crippen LogP contribution in [0.5, 0.6) is 11.5 Å². The number of ether oxygens (including phenoxy) is 4. The minimum atomic E-state index is -0.479. The highest BCUT2D eigenvalue weighted by Gasteiger charge is 2.41. The third-order valence-electron chi connectivity index (χ3n) is 4.55. The van der Waals surface area contributed by atoms with E-state index in [0.29, 0.717) is 62.8 Å². The van der Waals surface area contributed by atoms with E-state index in [2.05, 4.69) is 15.9 Å². The van der Waals surface area contributed by atoms with Crippen molar-refractivity contribution in [3.8, 4) is 11.5 Å². The van der Waals surface area contributed by atoms with Crippen molar-refractivity contribution in [3.05, 3.63) is 22.2 Å². The first-order valence-electron chi connectivity index (χ1n) is 8.66. The Bertz CT molecular complexity index is 620. The molecule has 2 aliphatic rings. The summed E-state index contributed by atoms with van der Waals surface area (Å²) in [6.07, 6.45) is 2.30. The molecule has 3 rings (SSSR count). The summed E-state index contributed by atoms with van der Waals surface area (Å²) in [6, 6.07) is 3.54. The first kappa shape index (κ1) is 18.5. The molecule has 0 unspecified atom stereocenters. The summed E-state index contributed by atoms with van der Waals surface area (Å²) in [5, 5.41) is 0. The summed E-state index contributed by atoms with van der Waals surface area (Å²) >= 11 is 3.49. The molecule has 1 spiro atoms. The Morgan fingerprint density at radius 1 is 1.28 bits per heavy atom. The molecule has 2 heterocycles. The van der Waals surface area contributed by atoms with Crippen LogP contribution in [0.25, 0.3) is 0 Å². The third-order valence-corrected chi connectivity index (χ3v) is 5.14. The topological polar surface area (TPSA) is 57.2 Å². The molecule has 25 heavy (non-hydrogen) atoms. The largest absolute Gasteiger partial charge is 0.493 e. The predicted molar refractivity (Wildman–Crippen MR) is 96.3 cm³/mol. The number of benzene rings is 1. The van der Waals surface area contributed by atoms with Gasteiger partial charge in [0.05, 0.1) is 31.4 Å². The molecule has 0 N–H and O–H groups in total. The SMILES string of the molecule is CCCOc1c(Br)cc(C(=O)N2CCC3(CC2)OCCO3)cc1OC. The molecule has 1 aromatic rings. The number of rotatable bonds is 5. The molecule has 0 aromatic heterocycles. The first-order valence-corrected chi connectivity index (χ1v) is 9.45. The number of hydrogen-bond donors (Lipinski definition) is 0. The lowest BCUT2D eigenvalue weighted by Gasteiger charge is -2.37. The van der Waals surface area contributed by atoms with Crippen LogP contribution in [0.1, 0.15) is 36.5 Å². The predicted octanol–water partition coefficient (Wildman–Crippen LogP) is 3.23. The van der Waals surface area contributed by atoms with E-state index in [1.54, 1.807) is 19.2 Å². The van der Waals surface area contributed by atoms with Gasteiger partial charge in [0.15, 0.2) is 17.3 Å². The summed E-state index contributed by atoms with van der Waals surface area (Å²) in [5.41, 5.74) is 0.580. The number of piperidine rings is 1. The van der Waals surface area contributed by atoms with Crippen LogP contribution in [0.4, 0.5) is 0 Å². The number of amides is 1. The third kappa shape index (κ3) is 3.93. The molecule has 1 amide bonds. The molecule has 138 valence electrons. The van der Waals surface area contributed by atoms with Gasteiger partial charge in [-0.1, -0.05) is 6.92 Å². The molecule has 0 atom stereocenters. The van der Waals surface area contributed by atoms with E-state index in [1.807, 2.05) is 11.8 Å². The lowest BCUT2D eigenvalue weighted by Crippen LogP contribution is -2.47. The maximum Gasteiger partial charge on any atom is 0.254 e. The van der Waals surface area contributed by atoms with Crippen molar-refractivity contribution in [3.63, 3.8) is 0 Å². The van der Waals surface area contributed by atoms with E-state index in [1.165, 1.54) is 0 Å². The molecule has 2 saturated heterocycles. The van der Waals surface area contributed by atoms with E-state index >= 15 is 0 Å². The summed E-state index contributed by atoms with van der Waals surface area (Å²) in [4.78, 5) is 14.7. The second kappa shape index (κ2) is 7.93. The van der Waals surface area contributed by atoms with Crippen molar-refractivity contribution in [1.29, 1.82) is 0 Å². The van der Waals surface area contributed by atoms with Gasteiger partial charge in [-0.15, -0.1) is 0 Å². The van der Waals surface area contributed by atoms with E-state index in [9.17, 15) is 4.79 Å². The lowest BCUT2D eigenvalue weighted by molar-refractivity contribution is -0.181. The van der Waals surface area contributed by atoms with Crippen LogP contribution in [0, 0.1) is 0 Å². The van der Waals surface area contributed by atoms with Gasteiger partial charge in [0.25, 0.3) is 5.91 Å². The van der Waals surface area contributed by atoms with Crippen molar-refractivity contribution < 1.29 is 23.7 Å². The summed E-state index contributed by atoms with van der Waals surface area (Å²) in [7, 11) is 1.58. The Hall–Kier alpha value is -1.31. The van der Waals surface area contributed by atoms with Gasteiger partial charge in [-0.3, -0.25) is 4.79 Å². The zero-order valence-electron chi connectivity index (χ0n) is 14.7. The van der Waals surface area contributed by atoms with E-state index in [0.717, 1.165) is 10.9 Å². The molecule has 0 bridgehead atoms. The second-order valence-corrected chi connectivity index (χ2v) is 7.09. The molecular formula is C18H24BrNO5. The van der Waals surface area contributed by atoms with Crippen molar-refractivity contribution >= 4 is 21.8 Å². The van der Waals surface area contributed by atoms with Crippen molar-refractivity contribution in [2.24, 2.45) is 0 Å². The van der Waals surface area contributed by atoms with Gasteiger partial charge in [0.2, 0.25) is 0 Å². The highest BCUT2D eigenvalue weighted by Crippen LogP contribution is 2.38. The molecule has 6 nitrogen and oxygen atoms in total. The standard InChI is InChI=1S/C18H24BrNO5/c1-3-8-23-16-14(19)11-13(12-15(16)22-2)17(21)20-6-4-18(5-7-20)24-9-10-25-18/h11-12H,3-10H2,1-2H3. The monoisotopic (exact) mass is 413 g/mol. The van der Waals surface area contributed by atoms with Gasteiger partial charge in [-0.25, -0.2) is 0 Å². The molecule has 7 heteroatoms. The molecule has 2 fully saturated rings. The van der Waals surface area contributed by atoms with Crippen LogP contribution >= 0.6 is 15.9 Å².